The van der Waals surface area contributed by atoms with E-state index >= 15 is 0 Å². The molecule has 0 amide bonds. The Balaban J connectivity index is 0.000000992. The number of unbranched alkanes of at least 4 members (excludes halogenated alkanes) is 14. The second-order valence-corrected chi connectivity index (χ2v) is 10.9. The first-order valence-electron chi connectivity index (χ1n) is 16.0. The van der Waals surface area contributed by atoms with E-state index in [1.54, 1.807) is 21.3 Å². The first-order chi connectivity index (χ1) is 19.1. The molecule has 0 bridgehead atoms. The standard InChI is InChI=1S/C22H44O5.C10H20O2/c1-24-19-15-11-6-5-8-12-16-20(25-2)21(26-3)17-13-9-7-10-14-18-22(23)27-4;11-8-6-4-2-1-3-5-7-10-9-12-10/h20-21H,5-19H2,1-4H3;10-11H,1-9H2. The van der Waals surface area contributed by atoms with E-state index < -0.39 is 0 Å². The van der Waals surface area contributed by atoms with Gasteiger partial charge in [0.05, 0.1) is 32.0 Å². The van der Waals surface area contributed by atoms with Gasteiger partial charge in [0.15, 0.2) is 0 Å². The van der Waals surface area contributed by atoms with Crippen LogP contribution in [-0.4, -0.2) is 77.6 Å². The molecule has 3 unspecified atom stereocenters. The maximum absolute atomic E-state index is 11.1. The van der Waals surface area contributed by atoms with Crippen molar-refractivity contribution in [3.63, 3.8) is 0 Å². The van der Waals surface area contributed by atoms with Crippen LogP contribution in [0.15, 0.2) is 0 Å². The molecule has 0 aliphatic carbocycles. The molecule has 0 aromatic carbocycles. The first-order valence-corrected chi connectivity index (χ1v) is 16.0. The average Bonchev–Trinajstić information content (AvgIpc) is 3.78. The van der Waals surface area contributed by atoms with Crippen LogP contribution in [0.4, 0.5) is 0 Å². The number of aliphatic hydroxyl groups excluding tert-OH is 1. The minimum Gasteiger partial charge on any atom is -0.469 e. The van der Waals surface area contributed by atoms with E-state index in [0.29, 0.717) is 19.1 Å². The number of carbonyl (C=O) groups excluding carboxylic acids is 1. The van der Waals surface area contributed by atoms with Crippen LogP contribution in [0.25, 0.3) is 0 Å². The van der Waals surface area contributed by atoms with Gasteiger partial charge in [-0.2, -0.15) is 0 Å². The molecule has 39 heavy (non-hydrogen) atoms. The average molecular weight is 561 g/mol. The van der Waals surface area contributed by atoms with Gasteiger partial charge in [0.2, 0.25) is 0 Å². The van der Waals surface area contributed by atoms with Crippen molar-refractivity contribution < 1.29 is 33.6 Å². The summed E-state index contributed by atoms with van der Waals surface area (Å²) in [6.45, 7) is 2.24. The van der Waals surface area contributed by atoms with E-state index in [9.17, 15) is 4.79 Å². The fourth-order valence-corrected chi connectivity index (χ4v) is 4.88. The maximum Gasteiger partial charge on any atom is 0.305 e. The van der Waals surface area contributed by atoms with Crippen LogP contribution >= 0.6 is 0 Å². The lowest BCUT2D eigenvalue weighted by atomic mass is 9.99. The third-order valence-electron chi connectivity index (χ3n) is 7.54. The molecular weight excluding hydrogens is 496 g/mol. The zero-order chi connectivity index (χ0) is 28.8. The van der Waals surface area contributed by atoms with E-state index in [1.807, 2.05) is 0 Å². The first kappa shape index (κ1) is 38.3. The highest BCUT2D eigenvalue weighted by Crippen LogP contribution is 2.20. The minimum absolute atomic E-state index is 0.104. The lowest BCUT2D eigenvalue weighted by molar-refractivity contribution is -0.140. The van der Waals surface area contributed by atoms with Gasteiger partial charge < -0.3 is 28.8 Å². The van der Waals surface area contributed by atoms with Crippen molar-refractivity contribution in [3.05, 3.63) is 0 Å². The number of carbonyl (C=O) groups is 1. The highest BCUT2D eigenvalue weighted by Gasteiger charge is 2.21. The number of epoxide rings is 1. The number of hydrogen-bond acceptors (Lipinski definition) is 7. The molecule has 0 aromatic heterocycles. The number of ether oxygens (including phenoxy) is 5. The Morgan fingerprint density at radius 3 is 1.62 bits per heavy atom. The largest absolute Gasteiger partial charge is 0.469 e. The molecule has 1 saturated heterocycles. The zero-order valence-corrected chi connectivity index (χ0v) is 26.1. The van der Waals surface area contributed by atoms with E-state index in [4.69, 9.17) is 24.1 Å². The Morgan fingerprint density at radius 2 is 1.15 bits per heavy atom. The maximum atomic E-state index is 11.1. The molecule has 1 heterocycles. The van der Waals surface area contributed by atoms with E-state index in [2.05, 4.69) is 4.74 Å². The van der Waals surface area contributed by atoms with Crippen molar-refractivity contribution in [3.8, 4) is 0 Å². The van der Waals surface area contributed by atoms with Crippen molar-refractivity contribution in [2.75, 3.05) is 48.3 Å². The number of aliphatic hydroxyl groups is 1. The summed E-state index contributed by atoms with van der Waals surface area (Å²) in [6.07, 6.45) is 25.4. The van der Waals surface area contributed by atoms with E-state index in [-0.39, 0.29) is 18.2 Å². The van der Waals surface area contributed by atoms with Gasteiger partial charge in [-0.25, -0.2) is 0 Å². The third-order valence-corrected chi connectivity index (χ3v) is 7.54. The lowest BCUT2D eigenvalue weighted by Crippen LogP contribution is -2.30. The monoisotopic (exact) mass is 560 g/mol. The Labute approximate surface area is 241 Å². The number of hydrogen-bond donors (Lipinski definition) is 1. The molecule has 7 nitrogen and oxygen atoms in total. The lowest BCUT2D eigenvalue weighted by Gasteiger charge is -2.25. The molecule has 0 aromatic rings. The summed E-state index contributed by atoms with van der Waals surface area (Å²) in [7, 11) is 6.81. The van der Waals surface area contributed by atoms with Crippen LogP contribution in [0.2, 0.25) is 0 Å². The van der Waals surface area contributed by atoms with Crippen LogP contribution < -0.4 is 0 Å². The van der Waals surface area contributed by atoms with Crippen molar-refractivity contribution in [2.45, 2.75) is 153 Å². The SMILES string of the molecule is COCCCCCCCCC(OC)C(CCCCCCCC(=O)OC)OC.OCCCCCCCCC1CO1. The molecule has 3 atom stereocenters. The summed E-state index contributed by atoms with van der Waals surface area (Å²) in [6, 6.07) is 0. The highest BCUT2D eigenvalue weighted by atomic mass is 16.6. The van der Waals surface area contributed by atoms with Crippen LogP contribution in [0.5, 0.6) is 0 Å². The summed E-state index contributed by atoms with van der Waals surface area (Å²) in [5.74, 6) is -0.104. The molecule has 1 fully saturated rings. The van der Waals surface area contributed by atoms with Gasteiger partial charge in [0.1, 0.15) is 0 Å². The van der Waals surface area contributed by atoms with Gasteiger partial charge in [-0.3, -0.25) is 4.79 Å². The molecule has 0 spiro atoms. The number of rotatable bonds is 28. The smallest absolute Gasteiger partial charge is 0.305 e. The van der Waals surface area contributed by atoms with Gasteiger partial charge in [-0.05, 0) is 38.5 Å². The van der Waals surface area contributed by atoms with Gasteiger partial charge in [0.25, 0.3) is 0 Å². The van der Waals surface area contributed by atoms with Gasteiger partial charge >= 0.3 is 5.97 Å². The quantitative estimate of drug-likeness (QED) is 0.0606. The van der Waals surface area contributed by atoms with Crippen molar-refractivity contribution in [1.29, 1.82) is 0 Å². The highest BCUT2D eigenvalue weighted by molar-refractivity contribution is 5.68. The molecule has 1 N–H and O–H groups in total. The van der Waals surface area contributed by atoms with Crippen molar-refractivity contribution in [1.82, 2.24) is 0 Å². The second-order valence-electron chi connectivity index (χ2n) is 10.9. The van der Waals surface area contributed by atoms with Gasteiger partial charge in [0, 0.05) is 41.0 Å². The van der Waals surface area contributed by atoms with Crippen LogP contribution in [0, 0.1) is 0 Å². The summed E-state index contributed by atoms with van der Waals surface area (Å²) < 4.78 is 26.3. The van der Waals surface area contributed by atoms with E-state index in [0.717, 1.165) is 58.2 Å². The molecule has 234 valence electrons. The predicted octanol–water partition coefficient (Wildman–Crippen LogP) is 7.41. The topological polar surface area (TPSA) is 86.8 Å². The van der Waals surface area contributed by atoms with Crippen LogP contribution in [0.3, 0.4) is 0 Å². The Kier molecular flexibility index (Phi) is 29.7. The molecule has 0 radical (unpaired) electrons. The molecule has 1 aliphatic heterocycles. The van der Waals surface area contributed by atoms with Crippen LogP contribution in [0.1, 0.15) is 135 Å². The third kappa shape index (κ3) is 27.2. The molecule has 1 rings (SSSR count). The summed E-state index contributed by atoms with van der Waals surface area (Å²) in [5.41, 5.74) is 0. The summed E-state index contributed by atoms with van der Waals surface area (Å²) >= 11 is 0. The minimum atomic E-state index is -0.104. The zero-order valence-electron chi connectivity index (χ0n) is 26.1. The molecule has 0 saturated carbocycles. The Morgan fingerprint density at radius 1 is 0.692 bits per heavy atom. The van der Waals surface area contributed by atoms with Crippen LogP contribution in [-0.2, 0) is 28.5 Å². The summed E-state index contributed by atoms with van der Waals surface area (Å²) in [4.78, 5) is 11.1. The molecular formula is C32H64O7. The van der Waals surface area contributed by atoms with E-state index in [1.165, 1.54) is 90.6 Å². The van der Waals surface area contributed by atoms with Crippen molar-refractivity contribution in [2.24, 2.45) is 0 Å². The Hall–Kier alpha value is -0.730. The van der Waals surface area contributed by atoms with Gasteiger partial charge in [-0.15, -0.1) is 0 Å². The predicted molar refractivity (Wildman–Crippen MR) is 159 cm³/mol. The fourth-order valence-electron chi connectivity index (χ4n) is 4.88. The summed E-state index contributed by atoms with van der Waals surface area (Å²) in [5, 5.41) is 8.53. The molecule has 7 heteroatoms. The molecule has 1 aliphatic rings. The fraction of sp³-hybridized carbons (Fsp3) is 0.969. The second kappa shape index (κ2) is 30.2. The Bertz CT molecular complexity index is 499. The normalized spacial score (nSPS) is 15.9. The van der Waals surface area contributed by atoms with Crippen molar-refractivity contribution >= 4 is 5.97 Å². The number of methoxy groups -OCH3 is 4. The number of esters is 1. The van der Waals surface area contributed by atoms with Gasteiger partial charge in [-0.1, -0.05) is 89.9 Å².